The van der Waals surface area contributed by atoms with E-state index >= 15 is 0 Å². The summed E-state index contributed by atoms with van der Waals surface area (Å²) in [4.78, 5) is 27.1. The number of hydrogen-bond donors (Lipinski definition) is 0. The Labute approximate surface area is 195 Å². The van der Waals surface area contributed by atoms with Crippen LogP contribution in [0.4, 0.5) is 0 Å². The Balaban J connectivity index is 2.02. The number of rotatable bonds is 7. The first-order valence-electron chi connectivity index (χ1n) is 9.55. The second-order valence-electron chi connectivity index (χ2n) is 7.12. The lowest BCUT2D eigenvalue weighted by Crippen LogP contribution is -2.32. The van der Waals surface area contributed by atoms with E-state index in [1.54, 1.807) is 24.1 Å². The first-order valence-corrected chi connectivity index (χ1v) is 11.5. The van der Waals surface area contributed by atoms with E-state index in [4.69, 9.17) is 23.2 Å². The number of carbonyl (C=O) groups excluding carboxylic acids is 2. The molecule has 0 aliphatic rings. The maximum Gasteiger partial charge on any atom is 0.255 e. The van der Waals surface area contributed by atoms with Crippen molar-refractivity contribution in [3.8, 4) is 6.07 Å². The van der Waals surface area contributed by atoms with Gasteiger partial charge in [-0.25, -0.2) is 0 Å². The van der Waals surface area contributed by atoms with E-state index in [1.165, 1.54) is 11.8 Å². The van der Waals surface area contributed by atoms with Gasteiger partial charge in [0.25, 0.3) is 5.91 Å². The number of nitriles is 1. The van der Waals surface area contributed by atoms with Crippen molar-refractivity contribution in [2.75, 3.05) is 19.8 Å². The number of aldehydes is 1. The summed E-state index contributed by atoms with van der Waals surface area (Å²) in [6, 6.07) is 16.8. The van der Waals surface area contributed by atoms with Gasteiger partial charge in [-0.05, 0) is 40.8 Å². The average molecular weight is 471 g/mol. The fourth-order valence-corrected chi connectivity index (χ4v) is 4.67. The van der Waals surface area contributed by atoms with Crippen LogP contribution in [-0.2, 0) is 4.79 Å². The van der Waals surface area contributed by atoms with Crippen LogP contribution in [0.2, 0.25) is 10.0 Å². The number of amides is 1. The molecular formula is C24H20Cl2N2O2S. The number of hydrogen-bond acceptors (Lipinski definition) is 4. The molecule has 3 aromatic rings. The fourth-order valence-electron chi connectivity index (χ4n) is 3.64. The zero-order chi connectivity index (χ0) is 22.5. The van der Waals surface area contributed by atoms with Crippen molar-refractivity contribution in [1.82, 2.24) is 4.90 Å². The molecule has 0 spiro atoms. The van der Waals surface area contributed by atoms with E-state index in [-0.39, 0.29) is 18.2 Å². The topological polar surface area (TPSA) is 61.2 Å². The molecule has 1 atom stereocenters. The van der Waals surface area contributed by atoms with Gasteiger partial charge in [-0.3, -0.25) is 4.79 Å². The van der Waals surface area contributed by atoms with Gasteiger partial charge in [-0.1, -0.05) is 53.5 Å². The number of carbonyl (C=O) groups is 2. The lowest BCUT2D eigenvalue weighted by Gasteiger charge is -2.25. The molecular weight excluding hydrogens is 451 g/mol. The summed E-state index contributed by atoms with van der Waals surface area (Å²) < 4.78 is 0. The molecule has 0 heterocycles. The Morgan fingerprint density at radius 1 is 1.19 bits per heavy atom. The molecule has 0 saturated carbocycles. The Kier molecular flexibility index (Phi) is 7.61. The van der Waals surface area contributed by atoms with Crippen LogP contribution in [0, 0.1) is 11.3 Å². The highest BCUT2D eigenvalue weighted by Gasteiger charge is 2.24. The van der Waals surface area contributed by atoms with E-state index in [0.717, 1.165) is 22.6 Å². The summed E-state index contributed by atoms with van der Waals surface area (Å²) >= 11 is 13.6. The van der Waals surface area contributed by atoms with Gasteiger partial charge in [0.05, 0.1) is 21.2 Å². The lowest BCUT2D eigenvalue weighted by molar-refractivity contribution is -0.108. The summed E-state index contributed by atoms with van der Waals surface area (Å²) in [6.07, 6.45) is 2.93. The van der Waals surface area contributed by atoms with Crippen LogP contribution in [0.25, 0.3) is 10.8 Å². The predicted octanol–water partition coefficient (Wildman–Crippen LogP) is 6.18. The van der Waals surface area contributed by atoms with Gasteiger partial charge < -0.3 is 9.69 Å². The van der Waals surface area contributed by atoms with Crippen molar-refractivity contribution in [2.45, 2.75) is 17.2 Å². The van der Waals surface area contributed by atoms with Crippen LogP contribution in [0.1, 0.15) is 33.8 Å². The van der Waals surface area contributed by atoms with E-state index in [9.17, 15) is 14.9 Å². The summed E-state index contributed by atoms with van der Waals surface area (Å²) in [5, 5.41) is 12.1. The minimum Gasteiger partial charge on any atom is -0.341 e. The van der Waals surface area contributed by atoms with E-state index in [1.807, 2.05) is 42.7 Å². The maximum atomic E-state index is 13.6. The van der Waals surface area contributed by atoms with E-state index in [2.05, 4.69) is 6.07 Å². The van der Waals surface area contributed by atoms with Crippen molar-refractivity contribution in [3.05, 3.63) is 75.3 Å². The Bertz CT molecular complexity index is 1190. The molecule has 4 nitrogen and oxygen atoms in total. The lowest BCUT2D eigenvalue weighted by atomic mass is 9.95. The van der Waals surface area contributed by atoms with Crippen molar-refractivity contribution in [3.63, 3.8) is 0 Å². The van der Waals surface area contributed by atoms with Crippen molar-refractivity contribution in [2.24, 2.45) is 0 Å². The normalized spacial score (nSPS) is 11.7. The molecule has 31 heavy (non-hydrogen) atoms. The number of halogens is 2. The summed E-state index contributed by atoms with van der Waals surface area (Å²) in [5.74, 6) is -0.432. The second-order valence-corrected chi connectivity index (χ2v) is 8.75. The zero-order valence-corrected chi connectivity index (χ0v) is 19.4. The molecule has 3 rings (SSSR count). The molecule has 0 saturated heterocycles. The molecule has 158 valence electrons. The number of benzene rings is 3. The molecule has 0 bridgehead atoms. The molecule has 1 unspecified atom stereocenters. The van der Waals surface area contributed by atoms with Crippen molar-refractivity contribution in [1.29, 1.82) is 5.26 Å². The van der Waals surface area contributed by atoms with Gasteiger partial charge in [-0.15, -0.1) is 11.8 Å². The number of thioether (sulfide) groups is 1. The monoisotopic (exact) mass is 470 g/mol. The third-order valence-corrected chi connectivity index (χ3v) is 6.75. The van der Waals surface area contributed by atoms with Crippen molar-refractivity contribution >= 4 is 57.9 Å². The van der Waals surface area contributed by atoms with Gasteiger partial charge in [0.1, 0.15) is 12.4 Å². The highest BCUT2D eigenvalue weighted by Crippen LogP contribution is 2.34. The summed E-state index contributed by atoms with van der Waals surface area (Å²) in [6.45, 7) is 0.314. The Hall–Kier alpha value is -2.52. The molecule has 0 fully saturated rings. The van der Waals surface area contributed by atoms with Crippen LogP contribution in [0.5, 0.6) is 0 Å². The van der Waals surface area contributed by atoms with E-state index < -0.39 is 0 Å². The maximum absolute atomic E-state index is 13.6. The van der Waals surface area contributed by atoms with E-state index in [0.29, 0.717) is 32.6 Å². The van der Waals surface area contributed by atoms with Crippen LogP contribution >= 0.6 is 35.0 Å². The van der Waals surface area contributed by atoms with Crippen LogP contribution in [-0.4, -0.2) is 36.9 Å². The molecule has 0 radical (unpaired) electrons. The fraction of sp³-hybridized carbons (Fsp3) is 0.208. The van der Waals surface area contributed by atoms with Gasteiger partial charge >= 0.3 is 0 Å². The molecule has 0 N–H and O–H groups in total. The Morgan fingerprint density at radius 2 is 1.94 bits per heavy atom. The van der Waals surface area contributed by atoms with Crippen LogP contribution < -0.4 is 0 Å². The average Bonchev–Trinajstić information content (AvgIpc) is 2.78. The van der Waals surface area contributed by atoms with Crippen LogP contribution in [0.15, 0.2) is 53.4 Å². The first kappa shape index (κ1) is 23.1. The smallest absolute Gasteiger partial charge is 0.255 e. The van der Waals surface area contributed by atoms with Gasteiger partial charge in [0, 0.05) is 30.8 Å². The predicted molar refractivity (Wildman–Crippen MR) is 127 cm³/mol. The minimum absolute atomic E-state index is 0.200. The summed E-state index contributed by atoms with van der Waals surface area (Å²) in [7, 11) is 1.70. The number of likely N-dealkylation sites (N-methyl/N-ethyl adjacent to an activating group) is 1. The number of fused-ring (bicyclic) bond motifs is 1. The van der Waals surface area contributed by atoms with Crippen molar-refractivity contribution < 1.29 is 9.59 Å². The van der Waals surface area contributed by atoms with Gasteiger partial charge in [-0.2, -0.15) is 5.26 Å². The van der Waals surface area contributed by atoms with Gasteiger partial charge in [0.2, 0.25) is 0 Å². The van der Waals surface area contributed by atoms with Crippen LogP contribution in [0.3, 0.4) is 0 Å². The standard InChI is InChI=1S/C24H20Cl2N2O2S/c1-28(14-17(9-10-29)15-7-8-20(25)21(26)12-15)24(30)22-19-6-4-3-5-16(19)11-18(13-27)23(22)31-2/h3-8,10-12,17H,9,14H2,1-2H3. The SMILES string of the molecule is CSc1c(C#N)cc2ccccc2c1C(=O)N(C)CC(CC=O)c1ccc(Cl)c(Cl)c1. The highest BCUT2D eigenvalue weighted by molar-refractivity contribution is 7.98. The molecule has 3 aromatic carbocycles. The molecule has 1 amide bonds. The molecule has 0 aromatic heterocycles. The van der Waals surface area contributed by atoms with Gasteiger partial charge in [0.15, 0.2) is 0 Å². The minimum atomic E-state index is -0.232. The molecule has 0 aliphatic carbocycles. The summed E-state index contributed by atoms with van der Waals surface area (Å²) in [5.41, 5.74) is 1.81. The second kappa shape index (κ2) is 10.2. The third kappa shape index (κ3) is 4.88. The third-order valence-electron chi connectivity index (χ3n) is 5.18. The first-order chi connectivity index (χ1) is 14.9. The number of nitrogens with zero attached hydrogens (tertiary/aromatic N) is 2. The Morgan fingerprint density at radius 3 is 2.58 bits per heavy atom. The molecule has 7 heteroatoms. The molecule has 0 aliphatic heterocycles. The zero-order valence-electron chi connectivity index (χ0n) is 17.1. The largest absolute Gasteiger partial charge is 0.341 e. The quantitative estimate of drug-likeness (QED) is 0.305. The highest BCUT2D eigenvalue weighted by atomic mass is 35.5.